The molecule has 0 spiro atoms. The number of anilines is 1. The number of aryl methyl sites for hydroxylation is 1. The van der Waals surface area contributed by atoms with Crippen LogP contribution in [-0.4, -0.2) is 37.8 Å². The molecule has 2 aromatic heterocycles. The van der Waals surface area contributed by atoms with E-state index in [1.807, 2.05) is 52.0 Å². The van der Waals surface area contributed by atoms with Crippen molar-refractivity contribution in [3.63, 3.8) is 0 Å². The van der Waals surface area contributed by atoms with E-state index in [1.165, 1.54) is 12.5 Å². The molecule has 9 nitrogen and oxygen atoms in total. The first-order chi connectivity index (χ1) is 14.1. The number of carbonyl (C=O) groups is 2. The molecule has 1 fully saturated rings. The number of nitrogens with one attached hydrogen (secondary N) is 1. The molecular formula is C21H24N6O3. The Bertz CT molecular complexity index is 1200. The van der Waals surface area contributed by atoms with Crippen molar-refractivity contribution < 1.29 is 9.59 Å². The van der Waals surface area contributed by atoms with Crippen LogP contribution < -0.4 is 15.9 Å². The third kappa shape index (κ3) is 3.47. The second-order valence-electron chi connectivity index (χ2n) is 8.60. The highest BCUT2D eigenvalue weighted by molar-refractivity contribution is 6.01. The summed E-state index contributed by atoms with van der Waals surface area (Å²) in [6.07, 6.45) is 2.82. The molecule has 0 saturated carbocycles. The van der Waals surface area contributed by atoms with Crippen LogP contribution in [0.5, 0.6) is 0 Å². The minimum atomic E-state index is -0.557. The van der Waals surface area contributed by atoms with Gasteiger partial charge in [-0.2, -0.15) is 5.10 Å². The van der Waals surface area contributed by atoms with Crippen molar-refractivity contribution in [2.75, 3.05) is 16.9 Å². The number of hydrogen-bond donors (Lipinski definition) is 1. The lowest BCUT2D eigenvalue weighted by molar-refractivity contribution is -0.123. The van der Waals surface area contributed by atoms with Gasteiger partial charge in [0.05, 0.1) is 17.7 Å². The van der Waals surface area contributed by atoms with E-state index in [0.717, 1.165) is 15.9 Å². The molecule has 156 valence electrons. The third-order valence-corrected chi connectivity index (χ3v) is 5.16. The summed E-state index contributed by atoms with van der Waals surface area (Å²) in [6, 6.07) is 7.59. The van der Waals surface area contributed by atoms with Crippen molar-refractivity contribution in [3.05, 3.63) is 52.7 Å². The average molecular weight is 408 g/mol. The van der Waals surface area contributed by atoms with Crippen LogP contribution in [0.2, 0.25) is 0 Å². The molecular weight excluding hydrogens is 384 g/mol. The molecule has 1 aliphatic heterocycles. The predicted molar refractivity (Wildman–Crippen MR) is 113 cm³/mol. The largest absolute Gasteiger partial charge is 0.312 e. The summed E-state index contributed by atoms with van der Waals surface area (Å²) in [7, 11) is 0. The van der Waals surface area contributed by atoms with Gasteiger partial charge in [0.2, 0.25) is 11.8 Å². The maximum atomic E-state index is 12.8. The zero-order valence-electron chi connectivity index (χ0n) is 17.4. The average Bonchev–Trinajstić information content (AvgIpc) is 3.28. The number of fused-ring (bicyclic) bond motifs is 1. The molecule has 1 atom stereocenters. The Kier molecular flexibility index (Phi) is 4.68. The van der Waals surface area contributed by atoms with E-state index < -0.39 is 17.4 Å². The van der Waals surface area contributed by atoms with Crippen LogP contribution in [0.15, 0.2) is 41.6 Å². The van der Waals surface area contributed by atoms with Crippen molar-refractivity contribution in [2.24, 2.45) is 5.92 Å². The number of benzene rings is 1. The third-order valence-electron chi connectivity index (χ3n) is 5.16. The van der Waals surface area contributed by atoms with Crippen molar-refractivity contribution in [3.8, 4) is 0 Å². The van der Waals surface area contributed by atoms with Gasteiger partial charge in [0.25, 0.3) is 5.56 Å². The fourth-order valence-corrected chi connectivity index (χ4v) is 3.62. The number of aromatic nitrogens is 4. The van der Waals surface area contributed by atoms with Gasteiger partial charge in [-0.05, 0) is 45.4 Å². The quantitative estimate of drug-likeness (QED) is 0.712. The minimum Gasteiger partial charge on any atom is -0.312 e. The molecule has 0 radical (unpaired) electrons. The SMILES string of the molecule is Cc1cccc(N2CC(C(=O)Nn3cnc4c(cnn4C(C)(C)C)c3=O)CC2=O)c1. The molecule has 2 amide bonds. The zero-order chi connectivity index (χ0) is 21.6. The van der Waals surface area contributed by atoms with Crippen LogP contribution in [0.4, 0.5) is 5.69 Å². The van der Waals surface area contributed by atoms with E-state index in [2.05, 4.69) is 15.5 Å². The first kappa shape index (κ1) is 19.8. The molecule has 1 aromatic carbocycles. The van der Waals surface area contributed by atoms with Crippen LogP contribution >= 0.6 is 0 Å². The lowest BCUT2D eigenvalue weighted by Gasteiger charge is -2.19. The highest BCUT2D eigenvalue weighted by Gasteiger charge is 2.35. The first-order valence-corrected chi connectivity index (χ1v) is 9.79. The second-order valence-corrected chi connectivity index (χ2v) is 8.60. The molecule has 3 aromatic rings. The van der Waals surface area contributed by atoms with Gasteiger partial charge >= 0.3 is 0 Å². The summed E-state index contributed by atoms with van der Waals surface area (Å²) in [4.78, 5) is 43.9. The Hall–Kier alpha value is -3.49. The molecule has 3 heterocycles. The summed E-state index contributed by atoms with van der Waals surface area (Å²) in [5.74, 6) is -1.07. The Morgan fingerprint density at radius 2 is 2.00 bits per heavy atom. The second kappa shape index (κ2) is 7.08. The number of nitrogens with zero attached hydrogens (tertiary/aromatic N) is 5. The van der Waals surface area contributed by atoms with Gasteiger partial charge in [-0.1, -0.05) is 12.1 Å². The number of hydrogen-bond acceptors (Lipinski definition) is 5. The topological polar surface area (TPSA) is 102 Å². The molecule has 1 N–H and O–H groups in total. The Morgan fingerprint density at radius 3 is 2.70 bits per heavy atom. The zero-order valence-corrected chi connectivity index (χ0v) is 17.4. The summed E-state index contributed by atoms with van der Waals surface area (Å²) < 4.78 is 2.73. The Balaban J connectivity index is 1.54. The van der Waals surface area contributed by atoms with E-state index >= 15 is 0 Å². The molecule has 0 aliphatic carbocycles. The normalized spacial score (nSPS) is 17.0. The molecule has 1 saturated heterocycles. The van der Waals surface area contributed by atoms with Crippen LogP contribution in [0.3, 0.4) is 0 Å². The van der Waals surface area contributed by atoms with Crippen LogP contribution in [-0.2, 0) is 15.1 Å². The standard InChI is InChI=1S/C21H24N6O3/c1-13-6-5-7-15(8-13)25-11-14(9-17(25)28)19(29)24-26-12-22-18-16(20(26)30)10-23-27(18)21(2,3)4/h5-8,10,12,14H,9,11H2,1-4H3,(H,24,29). The van der Waals surface area contributed by atoms with Gasteiger partial charge in [-0.25, -0.2) is 14.3 Å². The summed E-state index contributed by atoms with van der Waals surface area (Å²) >= 11 is 0. The van der Waals surface area contributed by atoms with E-state index in [9.17, 15) is 14.4 Å². The molecule has 4 rings (SSSR count). The lowest BCUT2D eigenvalue weighted by Crippen LogP contribution is -2.37. The molecule has 1 aliphatic rings. The predicted octanol–water partition coefficient (Wildman–Crippen LogP) is 1.78. The van der Waals surface area contributed by atoms with Crippen molar-refractivity contribution in [2.45, 2.75) is 39.7 Å². The van der Waals surface area contributed by atoms with Gasteiger partial charge < -0.3 is 4.90 Å². The number of carbonyl (C=O) groups excluding carboxylic acids is 2. The van der Waals surface area contributed by atoms with E-state index in [1.54, 1.807) is 9.58 Å². The molecule has 0 bridgehead atoms. The summed E-state index contributed by atoms with van der Waals surface area (Å²) in [5, 5.41) is 4.58. The molecule has 9 heteroatoms. The van der Waals surface area contributed by atoms with Gasteiger partial charge in [0.1, 0.15) is 11.7 Å². The van der Waals surface area contributed by atoms with Crippen LogP contribution in [0.1, 0.15) is 32.8 Å². The molecule has 1 unspecified atom stereocenters. The lowest BCUT2D eigenvalue weighted by atomic mass is 10.1. The highest BCUT2D eigenvalue weighted by atomic mass is 16.2. The van der Waals surface area contributed by atoms with Gasteiger partial charge in [0, 0.05) is 18.7 Å². The van der Waals surface area contributed by atoms with Gasteiger partial charge in [0.15, 0.2) is 5.65 Å². The summed E-state index contributed by atoms with van der Waals surface area (Å²) in [5.41, 5.74) is 4.10. The highest BCUT2D eigenvalue weighted by Crippen LogP contribution is 2.26. The van der Waals surface area contributed by atoms with Gasteiger partial charge in [-0.3, -0.25) is 19.8 Å². The van der Waals surface area contributed by atoms with Crippen molar-refractivity contribution in [1.82, 2.24) is 19.4 Å². The summed E-state index contributed by atoms with van der Waals surface area (Å²) in [6.45, 7) is 8.11. The van der Waals surface area contributed by atoms with Crippen LogP contribution in [0.25, 0.3) is 11.0 Å². The number of rotatable bonds is 3. The maximum absolute atomic E-state index is 12.8. The van der Waals surface area contributed by atoms with E-state index in [4.69, 9.17) is 0 Å². The van der Waals surface area contributed by atoms with E-state index in [0.29, 0.717) is 11.0 Å². The van der Waals surface area contributed by atoms with Crippen LogP contribution in [0, 0.1) is 12.8 Å². The molecule has 30 heavy (non-hydrogen) atoms. The van der Waals surface area contributed by atoms with Crippen molar-refractivity contribution in [1.29, 1.82) is 0 Å². The smallest absolute Gasteiger partial charge is 0.283 e. The maximum Gasteiger partial charge on any atom is 0.283 e. The first-order valence-electron chi connectivity index (χ1n) is 9.79. The fourth-order valence-electron chi connectivity index (χ4n) is 3.62. The van der Waals surface area contributed by atoms with E-state index in [-0.39, 0.29) is 24.4 Å². The minimum absolute atomic E-state index is 0.0894. The monoisotopic (exact) mass is 408 g/mol. The number of amides is 2. The Labute approximate surface area is 173 Å². The van der Waals surface area contributed by atoms with Gasteiger partial charge in [-0.15, -0.1) is 0 Å². The van der Waals surface area contributed by atoms with Crippen molar-refractivity contribution >= 4 is 28.5 Å². The fraction of sp³-hybridized carbons (Fsp3) is 0.381. The Morgan fingerprint density at radius 1 is 1.23 bits per heavy atom.